The maximum absolute atomic E-state index is 11.5. The van der Waals surface area contributed by atoms with Gasteiger partial charge in [-0.3, -0.25) is 4.79 Å². The largest absolute Gasteiger partial charge is 0.467 e. The average Bonchev–Trinajstić information content (AvgIpc) is 2.88. The molecule has 1 amide bonds. The van der Waals surface area contributed by atoms with E-state index in [2.05, 4.69) is 11.4 Å². The van der Waals surface area contributed by atoms with Crippen LogP contribution >= 0.6 is 11.8 Å². The molecular weight excluding hydrogens is 234 g/mol. The summed E-state index contributed by atoms with van der Waals surface area (Å²) in [4.78, 5) is 12.6. The number of amides is 1. The molecule has 1 aromatic carbocycles. The molecule has 87 valence electrons. The first-order valence-electron chi connectivity index (χ1n) is 5.22. The lowest BCUT2D eigenvalue weighted by molar-refractivity contribution is -0.118. The summed E-state index contributed by atoms with van der Waals surface area (Å²) in [6.07, 6.45) is 1.59. The molecular formula is C13H12NO2S. The molecule has 0 fully saturated rings. The van der Waals surface area contributed by atoms with Crippen molar-refractivity contribution in [2.75, 3.05) is 5.75 Å². The van der Waals surface area contributed by atoms with E-state index in [-0.39, 0.29) is 5.91 Å². The molecule has 3 nitrogen and oxygen atoms in total. The molecule has 1 N–H and O–H groups in total. The molecule has 1 aromatic heterocycles. The van der Waals surface area contributed by atoms with Gasteiger partial charge in [0.05, 0.1) is 18.6 Å². The summed E-state index contributed by atoms with van der Waals surface area (Å²) >= 11 is 1.50. The van der Waals surface area contributed by atoms with Crippen LogP contribution in [0.5, 0.6) is 0 Å². The molecule has 0 saturated heterocycles. The minimum absolute atomic E-state index is 0.000711. The topological polar surface area (TPSA) is 42.2 Å². The zero-order valence-electron chi connectivity index (χ0n) is 9.18. The monoisotopic (exact) mass is 246 g/mol. The van der Waals surface area contributed by atoms with E-state index in [9.17, 15) is 4.79 Å². The van der Waals surface area contributed by atoms with Crippen LogP contribution in [0.2, 0.25) is 0 Å². The molecule has 17 heavy (non-hydrogen) atoms. The van der Waals surface area contributed by atoms with Gasteiger partial charge in [0, 0.05) is 4.90 Å². The van der Waals surface area contributed by atoms with Crippen LogP contribution in [0.15, 0.2) is 52.0 Å². The number of benzene rings is 1. The van der Waals surface area contributed by atoms with Gasteiger partial charge >= 0.3 is 0 Å². The van der Waals surface area contributed by atoms with E-state index >= 15 is 0 Å². The lowest BCUT2D eigenvalue weighted by Crippen LogP contribution is -2.24. The lowest BCUT2D eigenvalue weighted by Gasteiger charge is -2.03. The molecule has 0 atom stereocenters. The summed E-state index contributed by atoms with van der Waals surface area (Å²) in [6.45, 7) is 0.439. The van der Waals surface area contributed by atoms with Gasteiger partial charge in [-0.2, -0.15) is 0 Å². The minimum atomic E-state index is -0.000711. The predicted octanol–water partition coefficient (Wildman–Crippen LogP) is 2.49. The van der Waals surface area contributed by atoms with Crippen molar-refractivity contribution >= 4 is 17.7 Å². The highest BCUT2D eigenvalue weighted by atomic mass is 32.2. The highest BCUT2D eigenvalue weighted by Gasteiger charge is 2.03. The summed E-state index contributed by atoms with van der Waals surface area (Å²) < 4.78 is 5.12. The van der Waals surface area contributed by atoms with Crippen LogP contribution in [0.4, 0.5) is 0 Å². The molecule has 4 heteroatoms. The van der Waals surface area contributed by atoms with E-state index in [0.717, 1.165) is 10.7 Å². The van der Waals surface area contributed by atoms with Gasteiger partial charge in [-0.05, 0) is 30.3 Å². The standard InChI is InChI=1S/C13H12NO2S/c15-13(14-9-11-5-4-8-16-11)10-17-12-6-2-1-3-7-12/h2-8H,9-10H2,(H,14,15). The van der Waals surface area contributed by atoms with E-state index in [1.807, 2.05) is 30.3 Å². The van der Waals surface area contributed by atoms with Crippen LogP contribution in [0.3, 0.4) is 0 Å². The number of carbonyl (C=O) groups excluding carboxylic acids is 1. The van der Waals surface area contributed by atoms with Crippen molar-refractivity contribution in [1.29, 1.82) is 0 Å². The predicted molar refractivity (Wildman–Crippen MR) is 66.6 cm³/mol. The first-order valence-corrected chi connectivity index (χ1v) is 6.21. The van der Waals surface area contributed by atoms with Crippen molar-refractivity contribution in [3.8, 4) is 0 Å². The molecule has 0 saturated carbocycles. The normalized spacial score (nSPS) is 10.1. The highest BCUT2D eigenvalue weighted by Crippen LogP contribution is 2.16. The van der Waals surface area contributed by atoms with Gasteiger partial charge in [0.1, 0.15) is 5.76 Å². The Labute approximate surface area is 104 Å². The van der Waals surface area contributed by atoms with Crippen molar-refractivity contribution in [2.24, 2.45) is 0 Å². The van der Waals surface area contributed by atoms with E-state index in [0.29, 0.717) is 12.3 Å². The number of thioether (sulfide) groups is 1. The molecule has 0 unspecified atom stereocenters. The molecule has 0 aliphatic rings. The molecule has 0 spiro atoms. The first-order chi connectivity index (χ1) is 8.34. The van der Waals surface area contributed by atoms with Gasteiger partial charge < -0.3 is 9.73 Å². The average molecular weight is 246 g/mol. The molecule has 1 heterocycles. The fraction of sp³-hybridized carbons (Fsp3) is 0.154. The summed E-state index contributed by atoms with van der Waals surface area (Å²) in [7, 11) is 0. The third-order valence-corrected chi connectivity index (χ3v) is 3.11. The summed E-state index contributed by atoms with van der Waals surface area (Å²) in [6, 6.07) is 14.1. The van der Waals surface area contributed by atoms with Gasteiger partial charge in [0.15, 0.2) is 0 Å². The molecule has 2 rings (SSSR count). The van der Waals surface area contributed by atoms with E-state index in [1.54, 1.807) is 12.3 Å². The van der Waals surface area contributed by atoms with E-state index in [4.69, 9.17) is 4.42 Å². The number of rotatable bonds is 5. The van der Waals surface area contributed by atoms with Crippen LogP contribution in [0.1, 0.15) is 5.76 Å². The fourth-order valence-corrected chi connectivity index (χ4v) is 1.99. The molecule has 2 aromatic rings. The van der Waals surface area contributed by atoms with E-state index < -0.39 is 0 Å². The molecule has 0 bridgehead atoms. The summed E-state index contributed by atoms with van der Waals surface area (Å²) in [5.41, 5.74) is 0. The number of hydrogen-bond donors (Lipinski definition) is 1. The highest BCUT2D eigenvalue weighted by molar-refractivity contribution is 8.00. The fourth-order valence-electron chi connectivity index (χ4n) is 1.27. The Bertz CT molecular complexity index is 454. The number of nitrogens with one attached hydrogen (secondary N) is 1. The van der Waals surface area contributed by atoms with Gasteiger partial charge in [-0.15, -0.1) is 11.8 Å². The van der Waals surface area contributed by atoms with Crippen LogP contribution in [-0.4, -0.2) is 11.7 Å². The van der Waals surface area contributed by atoms with Gasteiger partial charge in [0.2, 0.25) is 5.91 Å². The summed E-state index contributed by atoms with van der Waals surface area (Å²) in [5, 5.41) is 2.79. The maximum Gasteiger partial charge on any atom is 0.230 e. The van der Waals surface area contributed by atoms with E-state index in [1.165, 1.54) is 11.8 Å². The number of carbonyl (C=O) groups is 1. The van der Waals surface area contributed by atoms with Crippen molar-refractivity contribution in [1.82, 2.24) is 5.32 Å². The van der Waals surface area contributed by atoms with Gasteiger partial charge in [-0.1, -0.05) is 12.1 Å². The Kier molecular flexibility index (Phi) is 4.27. The Balaban J connectivity index is 1.71. The van der Waals surface area contributed by atoms with Crippen LogP contribution in [0, 0.1) is 6.07 Å². The lowest BCUT2D eigenvalue weighted by atomic mass is 10.4. The zero-order chi connectivity index (χ0) is 11.9. The molecule has 0 aliphatic heterocycles. The summed E-state index contributed by atoms with van der Waals surface area (Å²) in [5.74, 6) is 1.17. The molecule has 1 radical (unpaired) electrons. The molecule has 0 aliphatic carbocycles. The van der Waals surface area contributed by atoms with Crippen molar-refractivity contribution in [3.05, 3.63) is 54.5 Å². The minimum Gasteiger partial charge on any atom is -0.467 e. The third kappa shape index (κ3) is 4.00. The van der Waals surface area contributed by atoms with Gasteiger partial charge in [-0.25, -0.2) is 0 Å². The second-order valence-corrected chi connectivity index (χ2v) is 4.43. The first kappa shape index (κ1) is 11.8. The Morgan fingerprint density at radius 2 is 2.18 bits per heavy atom. The van der Waals surface area contributed by atoms with Crippen LogP contribution in [-0.2, 0) is 11.3 Å². The smallest absolute Gasteiger partial charge is 0.230 e. The van der Waals surface area contributed by atoms with Crippen LogP contribution in [0.25, 0.3) is 0 Å². The van der Waals surface area contributed by atoms with Crippen molar-refractivity contribution < 1.29 is 9.21 Å². The third-order valence-electron chi connectivity index (χ3n) is 2.10. The Hall–Kier alpha value is -1.68. The van der Waals surface area contributed by atoms with Crippen LogP contribution < -0.4 is 5.32 Å². The van der Waals surface area contributed by atoms with Crippen molar-refractivity contribution in [3.63, 3.8) is 0 Å². The van der Waals surface area contributed by atoms with Gasteiger partial charge in [0.25, 0.3) is 0 Å². The number of furan rings is 1. The SMILES string of the molecule is O=C(CSc1cc[c]cc1)NCc1ccco1. The number of hydrogen-bond acceptors (Lipinski definition) is 3. The quantitative estimate of drug-likeness (QED) is 0.824. The Morgan fingerprint density at radius 1 is 1.35 bits per heavy atom. The second kappa shape index (κ2) is 6.15. The zero-order valence-corrected chi connectivity index (χ0v) is 10.00. The van der Waals surface area contributed by atoms with Crippen molar-refractivity contribution in [2.45, 2.75) is 11.4 Å². The Morgan fingerprint density at radius 3 is 2.88 bits per heavy atom. The second-order valence-electron chi connectivity index (χ2n) is 3.38. The maximum atomic E-state index is 11.5.